The van der Waals surface area contributed by atoms with Gasteiger partial charge < -0.3 is 39.4 Å². The third kappa shape index (κ3) is 8.66. The number of pyridine rings is 2. The van der Waals surface area contributed by atoms with Crippen LogP contribution < -0.4 is 31.1 Å². The zero-order valence-corrected chi connectivity index (χ0v) is 37.1. The molecule has 5 aliphatic rings. The van der Waals surface area contributed by atoms with Gasteiger partial charge in [0.2, 0.25) is 11.8 Å². The number of carbonyl (C=O) groups excluding carboxylic acids is 4. The van der Waals surface area contributed by atoms with Crippen LogP contribution in [0.1, 0.15) is 98.7 Å². The standard InChI is InChI=1S/C47H54ClFN8O7/c1-26(2)57-38-7-4-29(18-28(38)19-40(47(57)62)63-25-43(59)50-3)52-37-22-41(51-23-36(37)48)55-16-12-31(13-17-55)64-32-20-30(21-32)54-14-10-27(11-15-54)33-5-6-34-35(44(33)49)24-56(46(34)61)39-8-9-42(58)53-45(39)60/h4-7,18-19,22-23,26-27,30-32,39H,8-17,20-21,24-25H2,1-3H3,(H,50,59)(H,51,52)(H,53,58,60)/t30-,32-,39?. The summed E-state index contributed by atoms with van der Waals surface area (Å²) in [6, 6.07) is 12.4. The molecule has 1 aliphatic carbocycles. The minimum absolute atomic E-state index is 0.0410. The first-order valence-electron chi connectivity index (χ1n) is 22.4. The number of imide groups is 1. The fourth-order valence-electron chi connectivity index (χ4n) is 10.0. The molecule has 338 valence electrons. The van der Waals surface area contributed by atoms with Gasteiger partial charge in [-0.15, -0.1) is 0 Å². The highest BCUT2D eigenvalue weighted by Crippen LogP contribution is 2.40. The van der Waals surface area contributed by atoms with Crippen LogP contribution in [0.4, 0.5) is 21.6 Å². The number of benzene rings is 2. The van der Waals surface area contributed by atoms with E-state index < -0.39 is 11.9 Å². The minimum atomic E-state index is -0.766. The highest BCUT2D eigenvalue weighted by Gasteiger charge is 2.42. The number of likely N-dealkylation sites (tertiary alicyclic amines) is 1. The molecular weight excluding hydrogens is 843 g/mol. The fourth-order valence-corrected chi connectivity index (χ4v) is 10.2. The predicted molar refractivity (Wildman–Crippen MR) is 240 cm³/mol. The van der Waals surface area contributed by atoms with E-state index in [0.29, 0.717) is 33.4 Å². The average molecular weight is 897 g/mol. The molecule has 3 N–H and O–H groups in total. The van der Waals surface area contributed by atoms with Gasteiger partial charge in [0.15, 0.2) is 12.4 Å². The smallest absolute Gasteiger partial charge is 0.293 e. The second-order valence-corrected chi connectivity index (χ2v) is 18.3. The highest BCUT2D eigenvalue weighted by atomic mass is 35.5. The molecule has 17 heteroatoms. The van der Waals surface area contributed by atoms with Crippen molar-refractivity contribution in [1.29, 1.82) is 0 Å². The summed E-state index contributed by atoms with van der Waals surface area (Å²) in [6.45, 7) is 6.98. The molecule has 15 nitrogen and oxygen atoms in total. The first kappa shape index (κ1) is 43.7. The van der Waals surface area contributed by atoms with Gasteiger partial charge in [-0.1, -0.05) is 17.7 Å². The van der Waals surface area contributed by atoms with Crippen LogP contribution in [0.2, 0.25) is 5.02 Å². The molecule has 4 aromatic rings. The monoisotopic (exact) mass is 896 g/mol. The molecule has 0 radical (unpaired) electrons. The van der Waals surface area contributed by atoms with Crippen LogP contribution in [0.15, 0.2) is 53.5 Å². The molecule has 6 heterocycles. The lowest BCUT2D eigenvalue weighted by Crippen LogP contribution is -2.52. The SMILES string of the molecule is CNC(=O)COc1cc2cc(Nc3cc(N4CCC(O[C@H]5C[C@H](N6CCC(c7ccc8c(c7F)CN(C7CCC(=O)NC7=O)C8=O)CC6)C5)CC4)ncc3Cl)ccc2n(C(C)C)c1=O. The molecule has 2 aromatic carbocycles. The first-order valence-corrected chi connectivity index (χ1v) is 22.8. The number of nitrogens with one attached hydrogen (secondary N) is 3. The molecule has 4 fully saturated rings. The molecule has 4 amide bonds. The van der Waals surface area contributed by atoms with E-state index in [-0.39, 0.29) is 85.0 Å². The molecule has 2 aromatic heterocycles. The number of rotatable bonds is 12. The molecule has 1 atom stereocenters. The largest absolute Gasteiger partial charge is 0.478 e. The number of amides is 4. The number of fused-ring (bicyclic) bond motifs is 2. The van der Waals surface area contributed by atoms with Crippen molar-refractivity contribution < 1.29 is 33.0 Å². The number of carbonyl (C=O) groups is 4. The summed E-state index contributed by atoms with van der Waals surface area (Å²) in [5.41, 5.74) is 3.22. The second kappa shape index (κ2) is 18.1. The Balaban J connectivity index is 0.746. The number of aromatic nitrogens is 2. The fraction of sp³-hybridized carbons (Fsp3) is 0.489. The Kier molecular flexibility index (Phi) is 12.4. The lowest BCUT2D eigenvalue weighted by molar-refractivity contribution is -0.137. The van der Waals surface area contributed by atoms with E-state index in [9.17, 15) is 24.0 Å². The molecule has 9 rings (SSSR count). The van der Waals surface area contributed by atoms with E-state index in [0.717, 1.165) is 87.1 Å². The number of ether oxygens (including phenoxy) is 2. The van der Waals surface area contributed by atoms with Crippen LogP contribution in [-0.4, -0.2) is 107 Å². The van der Waals surface area contributed by atoms with E-state index in [2.05, 4.69) is 30.7 Å². The Hall–Kier alpha value is -5.58. The summed E-state index contributed by atoms with van der Waals surface area (Å²) in [7, 11) is 1.52. The number of hydrogen-bond donors (Lipinski definition) is 3. The summed E-state index contributed by atoms with van der Waals surface area (Å²) in [5.74, 6) is -0.895. The van der Waals surface area contributed by atoms with Crippen LogP contribution in [0, 0.1) is 5.82 Å². The van der Waals surface area contributed by atoms with Crippen LogP contribution in [-0.2, 0) is 25.7 Å². The molecule has 0 bridgehead atoms. The zero-order chi connectivity index (χ0) is 44.8. The predicted octanol–water partition coefficient (Wildman–Crippen LogP) is 5.80. The number of likely N-dealkylation sites (N-methyl/N-ethyl adjacent to an activating group) is 1. The van der Waals surface area contributed by atoms with Gasteiger partial charge in [0, 0.05) is 66.9 Å². The van der Waals surface area contributed by atoms with Gasteiger partial charge in [-0.05, 0) is 114 Å². The van der Waals surface area contributed by atoms with Crippen molar-refractivity contribution in [2.45, 2.75) is 108 Å². The summed E-state index contributed by atoms with van der Waals surface area (Å²) < 4.78 is 29.9. The van der Waals surface area contributed by atoms with Crippen molar-refractivity contribution >= 4 is 63.3 Å². The normalized spacial score (nSPS) is 22.2. The van der Waals surface area contributed by atoms with Crippen molar-refractivity contribution in [3.05, 3.63) is 86.5 Å². The van der Waals surface area contributed by atoms with E-state index in [1.807, 2.05) is 38.1 Å². The second-order valence-electron chi connectivity index (χ2n) is 17.9. The van der Waals surface area contributed by atoms with E-state index in [1.54, 1.807) is 29.0 Å². The van der Waals surface area contributed by atoms with Crippen LogP contribution in [0.25, 0.3) is 10.9 Å². The van der Waals surface area contributed by atoms with Gasteiger partial charge in [0.05, 0.1) is 41.2 Å². The number of piperidine rings is 3. The summed E-state index contributed by atoms with van der Waals surface area (Å²) in [5, 5.41) is 9.49. The van der Waals surface area contributed by atoms with Gasteiger partial charge in [0.25, 0.3) is 17.4 Å². The summed E-state index contributed by atoms with van der Waals surface area (Å²) in [4.78, 5) is 73.2. The quantitative estimate of drug-likeness (QED) is 0.147. The first-order chi connectivity index (χ1) is 30.8. The van der Waals surface area contributed by atoms with Crippen LogP contribution >= 0.6 is 11.6 Å². The molecule has 64 heavy (non-hydrogen) atoms. The Morgan fingerprint density at radius 3 is 2.45 bits per heavy atom. The van der Waals surface area contributed by atoms with Crippen molar-refractivity contribution in [1.82, 2.24) is 30.0 Å². The summed E-state index contributed by atoms with van der Waals surface area (Å²) in [6.07, 6.45) is 7.86. The molecule has 1 saturated carbocycles. The van der Waals surface area contributed by atoms with E-state index in [4.69, 9.17) is 21.1 Å². The Morgan fingerprint density at radius 1 is 0.969 bits per heavy atom. The molecule has 1 unspecified atom stereocenters. The van der Waals surface area contributed by atoms with E-state index in [1.165, 1.54) is 11.9 Å². The van der Waals surface area contributed by atoms with Gasteiger partial charge in [0.1, 0.15) is 17.7 Å². The number of halogens is 2. The maximum atomic E-state index is 16.0. The Morgan fingerprint density at radius 2 is 1.73 bits per heavy atom. The minimum Gasteiger partial charge on any atom is -0.478 e. The Bertz CT molecular complexity index is 2550. The van der Waals surface area contributed by atoms with Gasteiger partial charge in [-0.3, -0.25) is 29.3 Å². The van der Waals surface area contributed by atoms with Crippen LogP contribution in [0.3, 0.4) is 0 Å². The lowest BCUT2D eigenvalue weighted by Gasteiger charge is -2.47. The van der Waals surface area contributed by atoms with E-state index >= 15 is 4.39 Å². The molecule has 3 saturated heterocycles. The maximum absolute atomic E-state index is 16.0. The number of hydrogen-bond acceptors (Lipinski definition) is 11. The van der Waals surface area contributed by atoms with Crippen molar-refractivity contribution in [2.24, 2.45) is 0 Å². The Labute approximate surface area is 375 Å². The van der Waals surface area contributed by atoms with Gasteiger partial charge in [-0.25, -0.2) is 9.37 Å². The van der Waals surface area contributed by atoms with Crippen molar-refractivity contribution in [2.75, 3.05) is 50.1 Å². The average Bonchev–Trinajstić information content (AvgIpc) is 3.61. The molecule has 0 spiro atoms. The molecular formula is C47H54ClFN8O7. The maximum Gasteiger partial charge on any atom is 0.293 e. The van der Waals surface area contributed by atoms with Crippen molar-refractivity contribution in [3.63, 3.8) is 0 Å². The third-order valence-corrected chi connectivity index (χ3v) is 14.0. The summed E-state index contributed by atoms with van der Waals surface area (Å²) >= 11 is 6.65. The van der Waals surface area contributed by atoms with Crippen LogP contribution in [0.5, 0.6) is 5.75 Å². The van der Waals surface area contributed by atoms with Gasteiger partial charge in [-0.2, -0.15) is 0 Å². The van der Waals surface area contributed by atoms with Gasteiger partial charge >= 0.3 is 0 Å². The number of anilines is 3. The third-order valence-electron chi connectivity index (χ3n) is 13.7. The number of nitrogens with zero attached hydrogens (tertiary/aromatic N) is 5. The topological polar surface area (TPSA) is 167 Å². The highest BCUT2D eigenvalue weighted by molar-refractivity contribution is 6.33. The molecule has 4 aliphatic heterocycles. The lowest BCUT2D eigenvalue weighted by atomic mass is 9.83. The zero-order valence-electron chi connectivity index (χ0n) is 36.3. The van der Waals surface area contributed by atoms with Crippen molar-refractivity contribution in [3.8, 4) is 5.75 Å².